The first kappa shape index (κ1) is 48.1. The average Bonchev–Trinajstić information content (AvgIpc) is 4.14. The summed E-state index contributed by atoms with van der Waals surface area (Å²) in [6.07, 6.45) is -13.8. The SMILES string of the molecule is C[C@]1(OCP(=O)(O)O)O[C@@H](n2cnc3c(N)ncnc32)[C@H](OP(=O)(O)OC[C@H]2O[C@@H](n3cnc4c(N)ncnc43)[C@H](OP(=O)(O)OC[C@H]3O[C@@H](n4cnc5c(N)ncnc54)[C@H](O)[C@@H]3O)[C@@H]2O)[C@@H]1O. The molecule has 6 aromatic rings. The third kappa shape index (κ3) is 9.06. The maximum atomic E-state index is 13.7. The van der Waals surface area contributed by atoms with Crippen molar-refractivity contribution in [1.29, 1.82) is 0 Å². The number of nitrogen functional groups attached to an aromatic ring is 3. The van der Waals surface area contributed by atoms with Crippen LogP contribution in [0.1, 0.15) is 25.6 Å². The normalized spacial score (nSPS) is 31.8. The molecule has 68 heavy (non-hydrogen) atoms. The van der Waals surface area contributed by atoms with Crippen LogP contribution in [-0.2, 0) is 50.7 Å². The van der Waals surface area contributed by atoms with E-state index in [2.05, 4.69) is 44.9 Å². The lowest BCUT2D eigenvalue weighted by Crippen LogP contribution is -2.43. The Morgan fingerprint density at radius 3 is 1.51 bits per heavy atom. The van der Waals surface area contributed by atoms with Crippen LogP contribution < -0.4 is 17.2 Å². The van der Waals surface area contributed by atoms with E-state index >= 15 is 0 Å². The predicted molar refractivity (Wildman–Crippen MR) is 219 cm³/mol. The van der Waals surface area contributed by atoms with Crippen molar-refractivity contribution in [3.05, 3.63) is 38.0 Å². The van der Waals surface area contributed by atoms with Gasteiger partial charge in [-0.1, -0.05) is 0 Å². The Morgan fingerprint density at radius 1 is 0.603 bits per heavy atom. The molecule has 3 aliphatic heterocycles. The third-order valence-corrected chi connectivity index (χ3v) is 13.4. The molecule has 3 fully saturated rings. The summed E-state index contributed by atoms with van der Waals surface area (Å²) in [5, 5.41) is 44.7. The molecular weight excluding hydrogens is 979 g/mol. The predicted octanol–water partition coefficient (Wildman–Crippen LogP) is -3.11. The van der Waals surface area contributed by atoms with Gasteiger partial charge in [-0.3, -0.25) is 36.4 Å². The number of nitrogens with two attached hydrogens (primary N) is 3. The number of phosphoric ester groups is 2. The van der Waals surface area contributed by atoms with E-state index < -0.39 is 116 Å². The van der Waals surface area contributed by atoms with Gasteiger partial charge in [0, 0.05) is 0 Å². The quantitative estimate of drug-likeness (QED) is 0.0428. The van der Waals surface area contributed by atoms with E-state index in [1.165, 1.54) is 10.9 Å². The summed E-state index contributed by atoms with van der Waals surface area (Å²) in [5.41, 5.74) is 18.0. The van der Waals surface area contributed by atoms with E-state index in [0.717, 1.165) is 47.7 Å². The molecule has 368 valence electrons. The van der Waals surface area contributed by atoms with Crippen LogP contribution in [0, 0.1) is 0 Å². The number of aliphatic hydroxyl groups is 4. The molecule has 34 nitrogen and oxygen atoms in total. The first-order valence-corrected chi connectivity index (χ1v) is 24.3. The molecule has 37 heteroatoms. The van der Waals surface area contributed by atoms with Crippen LogP contribution in [0.15, 0.2) is 38.0 Å². The van der Waals surface area contributed by atoms with Gasteiger partial charge in [-0.05, 0) is 6.92 Å². The lowest BCUT2D eigenvalue weighted by molar-refractivity contribution is -0.247. The van der Waals surface area contributed by atoms with Crippen LogP contribution >= 0.6 is 23.2 Å². The molecule has 0 radical (unpaired) electrons. The minimum Gasteiger partial charge on any atom is -0.387 e. The second-order valence-electron chi connectivity index (χ2n) is 15.4. The number of aromatic nitrogens is 12. The largest absolute Gasteiger partial charge is 0.472 e. The van der Waals surface area contributed by atoms with E-state index in [4.69, 9.17) is 54.2 Å². The first-order valence-electron chi connectivity index (χ1n) is 19.5. The highest BCUT2D eigenvalue weighted by atomic mass is 31.2. The number of imidazole rings is 3. The molecule has 0 bridgehead atoms. The molecule has 2 unspecified atom stereocenters. The Labute approximate surface area is 377 Å². The van der Waals surface area contributed by atoms with Crippen LogP contribution in [0.4, 0.5) is 17.5 Å². The van der Waals surface area contributed by atoms with E-state index in [0.29, 0.717) is 0 Å². The van der Waals surface area contributed by atoms with Gasteiger partial charge in [0.1, 0.15) is 84.4 Å². The highest BCUT2D eigenvalue weighted by Gasteiger charge is 2.58. The molecule has 0 amide bonds. The summed E-state index contributed by atoms with van der Waals surface area (Å²) in [7, 11) is -15.7. The molecule has 3 saturated heterocycles. The molecule has 14 atom stereocenters. The Hall–Kier alpha value is -4.90. The summed E-state index contributed by atoms with van der Waals surface area (Å²) in [6.45, 7) is -0.865. The monoisotopic (exact) mass is 1020 g/mol. The Kier molecular flexibility index (Phi) is 12.6. The molecule has 3 aliphatic rings. The fourth-order valence-electron chi connectivity index (χ4n) is 7.65. The molecule has 0 aromatic carbocycles. The van der Waals surface area contributed by atoms with Crippen molar-refractivity contribution in [2.45, 2.75) is 80.2 Å². The summed E-state index contributed by atoms with van der Waals surface area (Å²) in [5.74, 6) is -2.47. The third-order valence-electron chi connectivity index (χ3n) is 11.0. The van der Waals surface area contributed by atoms with Crippen molar-refractivity contribution in [2.24, 2.45) is 0 Å². The van der Waals surface area contributed by atoms with Gasteiger partial charge in [-0.25, -0.2) is 54.0 Å². The van der Waals surface area contributed by atoms with E-state index in [1.807, 2.05) is 0 Å². The van der Waals surface area contributed by atoms with Crippen LogP contribution in [0.25, 0.3) is 33.5 Å². The number of nitrogens with zero attached hydrogens (tertiary/aromatic N) is 12. The van der Waals surface area contributed by atoms with Gasteiger partial charge in [0.25, 0.3) is 0 Å². The van der Waals surface area contributed by atoms with Gasteiger partial charge in [-0.2, -0.15) is 0 Å². The lowest BCUT2D eigenvalue weighted by atomic mass is 10.1. The minimum atomic E-state index is -5.47. The fourth-order valence-corrected chi connectivity index (χ4v) is 9.93. The number of anilines is 3. The van der Waals surface area contributed by atoms with Crippen molar-refractivity contribution in [2.75, 3.05) is 36.8 Å². The topological polar surface area (TPSA) is 496 Å². The standard InChI is InChI=1S/C31H40N15O19P3/c1-31(58-10-66(51,52)53)21(50)20(30(63-31)46-9-43-15-24(34)37-6-40-27(15)46)65-68(56,57)60-3-12-17(48)19(29(62-12)45-8-42-14-23(33)36-5-39-26(14)45)64-67(54,55)59-2-11-16(47)18(49)28(61-11)44-7-41-13-22(32)35-4-38-25(13)44/h4-9,11-12,16-21,28-30,47-50H,2-3,10H2,1H3,(H,54,55)(H,56,57)(H2,32,35,38)(H2,33,36,39)(H2,34,37,40)(H2,51,52,53)/t11-,12-,16-,17-,18-,19-,20-,21+,28-,29-,30-,31+/m1/s1. The van der Waals surface area contributed by atoms with Crippen LogP contribution in [0.2, 0.25) is 0 Å². The summed E-state index contributed by atoms with van der Waals surface area (Å²) in [4.78, 5) is 77.2. The van der Waals surface area contributed by atoms with Gasteiger partial charge >= 0.3 is 23.2 Å². The molecular formula is C31H40N15O19P3. The molecule has 0 aliphatic carbocycles. The number of hydrogen-bond acceptors (Lipinski definition) is 27. The van der Waals surface area contributed by atoms with E-state index in [-0.39, 0.29) is 50.9 Å². The molecule has 0 saturated carbocycles. The van der Waals surface area contributed by atoms with Crippen LogP contribution in [0.3, 0.4) is 0 Å². The second-order valence-corrected chi connectivity index (χ2v) is 19.8. The average molecular weight is 1020 g/mol. The highest BCUT2D eigenvalue weighted by Crippen LogP contribution is 2.54. The molecule has 0 spiro atoms. The molecule has 14 N–H and O–H groups in total. The molecule has 9 heterocycles. The van der Waals surface area contributed by atoms with Crippen molar-refractivity contribution in [1.82, 2.24) is 58.6 Å². The maximum absolute atomic E-state index is 13.7. The molecule has 9 rings (SSSR count). The van der Waals surface area contributed by atoms with Crippen LogP contribution in [0.5, 0.6) is 0 Å². The van der Waals surface area contributed by atoms with Crippen molar-refractivity contribution in [3.63, 3.8) is 0 Å². The van der Waals surface area contributed by atoms with Crippen LogP contribution in [-0.4, -0.2) is 173 Å². The zero-order chi connectivity index (χ0) is 48.7. The van der Waals surface area contributed by atoms with Gasteiger partial charge in [0.2, 0.25) is 0 Å². The minimum absolute atomic E-state index is 0.0255. The van der Waals surface area contributed by atoms with Gasteiger partial charge < -0.3 is 76.1 Å². The Balaban J connectivity index is 0.927. The number of fused-ring (bicyclic) bond motifs is 3. The fraction of sp³-hybridized carbons (Fsp3) is 0.516. The van der Waals surface area contributed by atoms with Crippen molar-refractivity contribution in [3.8, 4) is 0 Å². The number of rotatable bonds is 16. The van der Waals surface area contributed by atoms with E-state index in [1.54, 1.807) is 0 Å². The number of phosphoric acid groups is 2. The van der Waals surface area contributed by atoms with Gasteiger partial charge in [0.05, 0.1) is 32.2 Å². The lowest BCUT2D eigenvalue weighted by Gasteiger charge is -2.28. The molecule has 6 aromatic heterocycles. The van der Waals surface area contributed by atoms with Crippen molar-refractivity contribution >= 4 is 74.2 Å². The summed E-state index contributed by atoms with van der Waals surface area (Å²) >= 11 is 0. The maximum Gasteiger partial charge on any atom is 0.472 e. The summed E-state index contributed by atoms with van der Waals surface area (Å²) in [6, 6.07) is 0. The number of aliphatic hydroxyl groups excluding tert-OH is 4. The van der Waals surface area contributed by atoms with Gasteiger partial charge in [0.15, 0.2) is 65.2 Å². The highest BCUT2D eigenvalue weighted by molar-refractivity contribution is 7.51. The zero-order valence-electron chi connectivity index (χ0n) is 34.4. The van der Waals surface area contributed by atoms with E-state index in [9.17, 15) is 53.7 Å². The number of hydrogen-bond donors (Lipinski definition) is 11. The van der Waals surface area contributed by atoms with Crippen molar-refractivity contribution < 1.29 is 90.7 Å². The number of ether oxygens (including phenoxy) is 4. The summed E-state index contributed by atoms with van der Waals surface area (Å²) < 4.78 is 86.7. The first-order chi connectivity index (χ1) is 32.0. The Morgan fingerprint density at radius 2 is 1.03 bits per heavy atom. The Bertz CT molecular complexity index is 3000. The second kappa shape index (κ2) is 17.8. The van der Waals surface area contributed by atoms with Gasteiger partial charge in [-0.15, -0.1) is 0 Å². The smallest absolute Gasteiger partial charge is 0.387 e. The zero-order valence-corrected chi connectivity index (χ0v) is 37.1.